The van der Waals surface area contributed by atoms with Crippen LogP contribution in [0.25, 0.3) is 10.4 Å². The summed E-state index contributed by atoms with van der Waals surface area (Å²) in [5.74, 6) is 0.377. The molecule has 7 heteroatoms. The lowest BCUT2D eigenvalue weighted by atomic mass is 9.91. The lowest BCUT2D eigenvalue weighted by Gasteiger charge is -2.37. The van der Waals surface area contributed by atoms with Gasteiger partial charge in [0.25, 0.3) is 5.91 Å². The largest absolute Gasteiger partial charge is 0.383 e. The van der Waals surface area contributed by atoms with E-state index in [0.717, 1.165) is 41.1 Å². The summed E-state index contributed by atoms with van der Waals surface area (Å²) in [5, 5.41) is 20.0. The van der Waals surface area contributed by atoms with Crippen LogP contribution in [-0.4, -0.2) is 43.7 Å². The fraction of sp³-hybridized carbons (Fsp3) is 0.381. The first-order valence-electron chi connectivity index (χ1n) is 9.67. The second kappa shape index (κ2) is 6.83. The highest BCUT2D eigenvalue weighted by Gasteiger charge is 2.50. The van der Waals surface area contributed by atoms with Crippen LogP contribution in [0.15, 0.2) is 48.2 Å². The Kier molecular flexibility index (Phi) is 4.29. The number of thiophene rings is 1. The average Bonchev–Trinajstić information content (AvgIpc) is 3.46. The SMILES string of the molecule is O=C(c1csc(-c2cn[nH]c2)c1)N1CCCC2CC(O)(c3ccccn3)CC21. The number of pyridine rings is 1. The Morgan fingerprint density at radius 2 is 2.29 bits per heavy atom. The third kappa shape index (κ3) is 2.95. The van der Waals surface area contributed by atoms with Gasteiger partial charge in [-0.1, -0.05) is 6.07 Å². The minimum Gasteiger partial charge on any atom is -0.383 e. The number of aromatic amines is 1. The summed E-state index contributed by atoms with van der Waals surface area (Å²) in [6.07, 6.45) is 8.57. The Balaban J connectivity index is 1.39. The molecule has 3 unspecified atom stereocenters. The highest BCUT2D eigenvalue weighted by atomic mass is 32.1. The lowest BCUT2D eigenvalue weighted by molar-refractivity contribution is 0.0294. The summed E-state index contributed by atoms with van der Waals surface area (Å²) in [7, 11) is 0. The molecule has 0 spiro atoms. The number of carbonyl (C=O) groups excluding carboxylic acids is 1. The first kappa shape index (κ1) is 17.6. The van der Waals surface area contributed by atoms with Gasteiger partial charge in [0.1, 0.15) is 5.60 Å². The van der Waals surface area contributed by atoms with Gasteiger partial charge in [-0.15, -0.1) is 11.3 Å². The molecule has 0 bridgehead atoms. The smallest absolute Gasteiger partial charge is 0.254 e. The van der Waals surface area contributed by atoms with Crippen molar-refractivity contribution >= 4 is 17.2 Å². The van der Waals surface area contributed by atoms with Gasteiger partial charge in [0.05, 0.1) is 17.5 Å². The molecular formula is C21H22N4O2S. The molecule has 144 valence electrons. The van der Waals surface area contributed by atoms with Crippen molar-refractivity contribution in [2.45, 2.75) is 37.3 Å². The zero-order valence-electron chi connectivity index (χ0n) is 15.4. The monoisotopic (exact) mass is 394 g/mol. The Labute approximate surface area is 167 Å². The molecule has 0 aromatic carbocycles. The summed E-state index contributed by atoms with van der Waals surface area (Å²) in [5.41, 5.74) is 1.48. The van der Waals surface area contributed by atoms with Crippen LogP contribution in [0.1, 0.15) is 41.7 Å². The van der Waals surface area contributed by atoms with E-state index in [9.17, 15) is 9.90 Å². The third-order valence-electron chi connectivity index (χ3n) is 6.10. The minimum atomic E-state index is -0.948. The fourth-order valence-electron chi connectivity index (χ4n) is 4.77. The zero-order valence-corrected chi connectivity index (χ0v) is 16.2. The van der Waals surface area contributed by atoms with Gasteiger partial charge < -0.3 is 10.0 Å². The summed E-state index contributed by atoms with van der Waals surface area (Å²) < 4.78 is 0. The summed E-state index contributed by atoms with van der Waals surface area (Å²) in [4.78, 5) is 20.7. The average molecular weight is 395 g/mol. The van der Waals surface area contributed by atoms with E-state index in [2.05, 4.69) is 15.2 Å². The van der Waals surface area contributed by atoms with Crippen molar-refractivity contribution in [2.24, 2.45) is 5.92 Å². The van der Waals surface area contributed by atoms with E-state index in [1.165, 1.54) is 0 Å². The number of fused-ring (bicyclic) bond motifs is 1. The van der Waals surface area contributed by atoms with Gasteiger partial charge in [-0.2, -0.15) is 5.10 Å². The van der Waals surface area contributed by atoms with E-state index < -0.39 is 5.60 Å². The normalized spacial score (nSPS) is 27.0. The van der Waals surface area contributed by atoms with Crippen LogP contribution in [0.2, 0.25) is 0 Å². The molecule has 3 aromatic rings. The van der Waals surface area contributed by atoms with Crippen LogP contribution in [0.5, 0.6) is 0 Å². The van der Waals surface area contributed by atoms with Gasteiger partial charge in [0.2, 0.25) is 0 Å². The highest BCUT2D eigenvalue weighted by Crippen LogP contribution is 2.47. The van der Waals surface area contributed by atoms with Gasteiger partial charge in [0.15, 0.2) is 0 Å². The van der Waals surface area contributed by atoms with Crippen molar-refractivity contribution in [3.8, 4) is 10.4 Å². The Hall–Kier alpha value is -2.51. The van der Waals surface area contributed by atoms with E-state index in [1.807, 2.05) is 40.7 Å². The zero-order chi connectivity index (χ0) is 19.1. The van der Waals surface area contributed by atoms with Crippen LogP contribution in [-0.2, 0) is 5.60 Å². The van der Waals surface area contributed by atoms with Crippen LogP contribution < -0.4 is 0 Å². The third-order valence-corrected chi connectivity index (χ3v) is 7.08. The molecule has 1 saturated carbocycles. The molecule has 0 radical (unpaired) electrons. The maximum atomic E-state index is 13.3. The predicted octanol–water partition coefficient (Wildman–Crippen LogP) is 3.44. The Morgan fingerprint density at radius 1 is 1.36 bits per heavy atom. The quantitative estimate of drug-likeness (QED) is 0.713. The van der Waals surface area contributed by atoms with E-state index >= 15 is 0 Å². The molecular weight excluding hydrogens is 372 g/mol. The van der Waals surface area contributed by atoms with Crippen LogP contribution in [0, 0.1) is 5.92 Å². The van der Waals surface area contributed by atoms with Crippen molar-refractivity contribution in [1.29, 1.82) is 0 Å². The fourth-order valence-corrected chi connectivity index (χ4v) is 5.63. The van der Waals surface area contributed by atoms with Crippen molar-refractivity contribution in [1.82, 2.24) is 20.1 Å². The van der Waals surface area contributed by atoms with Crippen molar-refractivity contribution < 1.29 is 9.90 Å². The number of rotatable bonds is 3. The molecule has 1 saturated heterocycles. The van der Waals surface area contributed by atoms with E-state index in [0.29, 0.717) is 18.8 Å². The highest BCUT2D eigenvalue weighted by molar-refractivity contribution is 7.13. The van der Waals surface area contributed by atoms with Gasteiger partial charge >= 0.3 is 0 Å². The van der Waals surface area contributed by atoms with Crippen molar-refractivity contribution in [2.75, 3.05) is 6.54 Å². The number of amides is 1. The second-order valence-corrected chi connectivity index (χ2v) is 8.72. The molecule has 1 aliphatic carbocycles. The number of hydrogen-bond acceptors (Lipinski definition) is 5. The van der Waals surface area contributed by atoms with Gasteiger partial charge in [-0.05, 0) is 43.4 Å². The number of nitrogens with zero attached hydrogens (tertiary/aromatic N) is 3. The van der Waals surface area contributed by atoms with Crippen LogP contribution in [0.4, 0.5) is 0 Å². The standard InChI is InChI=1S/C21H22N4O2S/c26-20(15-8-18(28-13-15)16-11-23-24-12-16)25-7-3-4-14-9-21(27,10-17(14)25)19-5-1-2-6-22-19/h1-2,5-6,8,11-14,17,27H,3-4,7,9-10H2,(H,23,24). The number of piperidine rings is 1. The number of H-pyrrole nitrogens is 1. The topological polar surface area (TPSA) is 82.1 Å². The minimum absolute atomic E-state index is 0.0607. The number of aliphatic hydroxyl groups is 1. The number of aromatic nitrogens is 3. The van der Waals surface area contributed by atoms with Crippen LogP contribution >= 0.6 is 11.3 Å². The van der Waals surface area contributed by atoms with Crippen LogP contribution in [0.3, 0.4) is 0 Å². The molecule has 2 N–H and O–H groups in total. The molecule has 2 aliphatic rings. The van der Waals surface area contributed by atoms with Gasteiger partial charge in [-0.25, -0.2) is 0 Å². The predicted molar refractivity (Wildman–Crippen MR) is 107 cm³/mol. The van der Waals surface area contributed by atoms with Crippen molar-refractivity contribution in [3.05, 3.63) is 59.5 Å². The molecule has 3 atom stereocenters. The molecule has 1 aliphatic heterocycles. The second-order valence-electron chi connectivity index (χ2n) is 7.81. The molecule has 5 rings (SSSR count). The first-order valence-corrected chi connectivity index (χ1v) is 10.5. The maximum Gasteiger partial charge on any atom is 0.254 e. The van der Waals surface area contributed by atoms with Gasteiger partial charge in [0, 0.05) is 47.2 Å². The Morgan fingerprint density at radius 3 is 3.07 bits per heavy atom. The number of nitrogens with one attached hydrogen (secondary N) is 1. The number of carbonyl (C=O) groups is 1. The van der Waals surface area contributed by atoms with E-state index in [1.54, 1.807) is 23.7 Å². The van der Waals surface area contributed by atoms with Gasteiger partial charge in [-0.3, -0.25) is 14.9 Å². The summed E-state index contributed by atoms with van der Waals surface area (Å²) in [6.45, 7) is 0.745. The summed E-state index contributed by atoms with van der Waals surface area (Å²) in [6, 6.07) is 7.67. The van der Waals surface area contributed by atoms with E-state index in [4.69, 9.17) is 0 Å². The summed E-state index contributed by atoms with van der Waals surface area (Å²) >= 11 is 1.55. The number of hydrogen-bond donors (Lipinski definition) is 2. The lowest BCUT2D eigenvalue weighted by Crippen LogP contribution is -2.46. The van der Waals surface area contributed by atoms with Crippen molar-refractivity contribution in [3.63, 3.8) is 0 Å². The molecule has 1 amide bonds. The molecule has 3 aromatic heterocycles. The molecule has 28 heavy (non-hydrogen) atoms. The molecule has 2 fully saturated rings. The first-order chi connectivity index (χ1) is 13.6. The maximum absolute atomic E-state index is 13.3. The number of likely N-dealkylation sites (tertiary alicyclic amines) is 1. The van der Waals surface area contributed by atoms with E-state index in [-0.39, 0.29) is 11.9 Å². The Bertz CT molecular complexity index is 971. The molecule has 4 heterocycles. The molecule has 6 nitrogen and oxygen atoms in total.